The molecule has 0 saturated carbocycles. The molecule has 23 heavy (non-hydrogen) atoms. The third-order valence-electron chi connectivity index (χ3n) is 3.58. The van der Waals surface area contributed by atoms with E-state index in [1.54, 1.807) is 0 Å². The van der Waals surface area contributed by atoms with Crippen LogP contribution in [0.1, 0.15) is 40.5 Å². The summed E-state index contributed by atoms with van der Waals surface area (Å²) in [6, 6.07) is 0. The van der Waals surface area contributed by atoms with Gasteiger partial charge in [-0.05, 0) is 62.7 Å². The second kappa shape index (κ2) is 19.4. The topological polar surface area (TPSA) is 104 Å². The smallest absolute Gasteiger partial charge is 0.554 e. The van der Waals surface area contributed by atoms with E-state index < -0.39 is 12.9 Å². The Balaban J connectivity index is -0.000000253. The Hall–Kier alpha value is -0.621. The molecule has 2 aliphatic rings. The monoisotopic (exact) mass is 379 g/mol. The molecule has 0 aromatic rings. The maximum atomic E-state index is 8.25. The van der Waals surface area contributed by atoms with E-state index in [4.69, 9.17) is 19.8 Å². The molecule has 4 atom stereocenters. The molecule has 7 heteroatoms. The fourth-order valence-electron chi connectivity index (χ4n) is 2.86. The van der Waals surface area contributed by atoms with Crippen molar-refractivity contribution in [1.82, 2.24) is 10.6 Å². The van der Waals surface area contributed by atoms with E-state index in [0.29, 0.717) is 0 Å². The summed E-state index contributed by atoms with van der Waals surface area (Å²) >= 11 is 0. The predicted octanol–water partition coefficient (Wildman–Crippen LogP) is -0.766. The zero-order valence-electron chi connectivity index (χ0n) is 14.6. The van der Waals surface area contributed by atoms with Gasteiger partial charge in [-0.3, -0.25) is 0 Å². The van der Waals surface area contributed by atoms with Crippen LogP contribution in [-0.2, 0) is 26.7 Å². The van der Waals surface area contributed by atoms with Gasteiger partial charge in [0.15, 0.2) is 0 Å². The first-order valence-corrected chi connectivity index (χ1v) is 7.93. The first kappa shape index (κ1) is 27.2. The first-order valence-electron chi connectivity index (χ1n) is 7.93. The van der Waals surface area contributed by atoms with Crippen molar-refractivity contribution in [2.24, 2.45) is 23.7 Å². The molecular formula is C16H32CuN2O4. The van der Waals surface area contributed by atoms with Gasteiger partial charge in [0, 0.05) is 12.9 Å². The minimum absolute atomic E-state index is 0. The van der Waals surface area contributed by atoms with Crippen LogP contribution in [0.3, 0.4) is 0 Å². The van der Waals surface area contributed by atoms with Crippen LogP contribution in [0.5, 0.6) is 0 Å². The van der Waals surface area contributed by atoms with E-state index in [2.05, 4.69) is 38.3 Å². The second-order valence-electron chi connectivity index (χ2n) is 6.40. The standard InChI is InChI=1S/2C7H15N.2CH2O2.Cu/c2*1-6-3-7(2)5-8-4-6;2*2-1-3;/h2*6-8H,3-5H2,1-2H3;2*1H,(H,2,3);/q;;;;+2/p-2. The summed E-state index contributed by atoms with van der Waals surface area (Å²) in [5.74, 6) is 3.61. The summed E-state index contributed by atoms with van der Waals surface area (Å²) in [4.78, 5) is 16.5. The molecule has 0 spiro atoms. The molecule has 0 aromatic carbocycles. The molecule has 2 aliphatic heterocycles. The zero-order valence-corrected chi connectivity index (χ0v) is 15.6. The van der Waals surface area contributed by atoms with Crippen molar-refractivity contribution in [2.45, 2.75) is 40.5 Å². The third-order valence-corrected chi connectivity index (χ3v) is 3.58. The van der Waals surface area contributed by atoms with E-state index in [9.17, 15) is 0 Å². The molecule has 1 radical (unpaired) electrons. The summed E-state index contributed by atoms with van der Waals surface area (Å²) in [7, 11) is 0. The maximum absolute atomic E-state index is 8.25. The van der Waals surface area contributed by atoms with Gasteiger partial charge in [0.1, 0.15) is 0 Å². The molecule has 0 bridgehead atoms. The van der Waals surface area contributed by atoms with E-state index in [-0.39, 0.29) is 17.1 Å². The average Bonchev–Trinajstić information content (AvgIpc) is 2.40. The van der Waals surface area contributed by atoms with Gasteiger partial charge in [0.25, 0.3) is 0 Å². The van der Waals surface area contributed by atoms with Gasteiger partial charge in [0.05, 0.1) is 0 Å². The van der Waals surface area contributed by atoms with Gasteiger partial charge in [0.2, 0.25) is 0 Å². The van der Waals surface area contributed by atoms with Gasteiger partial charge in [-0.25, -0.2) is 0 Å². The van der Waals surface area contributed by atoms with Gasteiger partial charge in [-0.1, -0.05) is 27.7 Å². The van der Waals surface area contributed by atoms with Crippen LogP contribution in [0.15, 0.2) is 0 Å². The molecule has 6 nitrogen and oxygen atoms in total. The summed E-state index contributed by atoms with van der Waals surface area (Å²) in [5, 5.41) is 23.3. The van der Waals surface area contributed by atoms with E-state index >= 15 is 0 Å². The van der Waals surface area contributed by atoms with Gasteiger partial charge >= 0.3 is 17.1 Å². The molecule has 141 valence electrons. The summed E-state index contributed by atoms with van der Waals surface area (Å²) in [6.45, 7) is 13.1. The molecule has 2 rings (SSSR count). The van der Waals surface area contributed by atoms with Crippen LogP contribution in [0.4, 0.5) is 0 Å². The number of rotatable bonds is 0. The van der Waals surface area contributed by atoms with Gasteiger partial charge < -0.3 is 30.4 Å². The molecule has 0 amide bonds. The van der Waals surface area contributed by atoms with Crippen LogP contribution >= 0.6 is 0 Å². The number of piperidine rings is 2. The summed E-state index contributed by atoms with van der Waals surface area (Å²) < 4.78 is 0. The zero-order chi connectivity index (χ0) is 17.4. The van der Waals surface area contributed by atoms with Gasteiger partial charge in [-0.2, -0.15) is 0 Å². The van der Waals surface area contributed by atoms with Crippen LogP contribution in [0.2, 0.25) is 0 Å². The second-order valence-corrected chi connectivity index (χ2v) is 6.40. The molecule has 0 aromatic heterocycles. The SMILES string of the molecule is CC1CNCC(C)C1.CC1CNCC(C)C1.O=C[O-].O=C[O-].[Cu+2]. The Kier molecular flexibility index (Phi) is 23.0. The molecule has 2 N–H and O–H groups in total. The van der Waals surface area contributed by atoms with Crippen LogP contribution in [-0.4, -0.2) is 39.1 Å². The number of nitrogens with one attached hydrogen (secondary N) is 2. The first-order chi connectivity index (χ1) is 10.4. The fraction of sp³-hybridized carbons (Fsp3) is 0.875. The molecule has 2 fully saturated rings. The van der Waals surface area contributed by atoms with Crippen molar-refractivity contribution in [1.29, 1.82) is 0 Å². The average molecular weight is 380 g/mol. The Morgan fingerprint density at radius 1 is 0.696 bits per heavy atom. The van der Waals surface area contributed by atoms with Crippen molar-refractivity contribution in [2.75, 3.05) is 26.2 Å². The number of hydrogen-bond acceptors (Lipinski definition) is 6. The number of carboxylic acid groups (broad SMARTS) is 2. The largest absolute Gasteiger partial charge is 2.00 e. The normalized spacial score (nSPS) is 28.7. The molecule has 2 saturated heterocycles. The molecule has 0 aliphatic carbocycles. The van der Waals surface area contributed by atoms with Crippen molar-refractivity contribution in [3.05, 3.63) is 0 Å². The Morgan fingerprint density at radius 3 is 0.957 bits per heavy atom. The minimum atomic E-state index is -0.500. The Morgan fingerprint density at radius 2 is 0.870 bits per heavy atom. The van der Waals surface area contributed by atoms with E-state index in [0.717, 1.165) is 23.7 Å². The predicted molar refractivity (Wildman–Crippen MR) is 83.8 cm³/mol. The Bertz CT molecular complexity index is 228. The molecule has 4 unspecified atom stereocenters. The van der Waals surface area contributed by atoms with Crippen molar-refractivity contribution in [3.8, 4) is 0 Å². The van der Waals surface area contributed by atoms with Crippen LogP contribution in [0, 0.1) is 23.7 Å². The van der Waals surface area contributed by atoms with E-state index in [1.165, 1.54) is 39.0 Å². The Labute approximate surface area is 151 Å². The molecule has 2 heterocycles. The fourth-order valence-corrected chi connectivity index (χ4v) is 2.86. The van der Waals surface area contributed by atoms with Crippen molar-refractivity contribution in [3.63, 3.8) is 0 Å². The summed E-state index contributed by atoms with van der Waals surface area (Å²) in [6.07, 6.45) is 2.82. The summed E-state index contributed by atoms with van der Waals surface area (Å²) in [5.41, 5.74) is 0. The van der Waals surface area contributed by atoms with Crippen molar-refractivity contribution < 1.29 is 36.9 Å². The maximum Gasteiger partial charge on any atom is 2.00 e. The van der Waals surface area contributed by atoms with Gasteiger partial charge in [-0.15, -0.1) is 0 Å². The number of carbonyl (C=O) groups excluding carboxylic acids is 2. The van der Waals surface area contributed by atoms with E-state index in [1.807, 2.05) is 0 Å². The van der Waals surface area contributed by atoms with Crippen molar-refractivity contribution >= 4 is 12.9 Å². The quantitative estimate of drug-likeness (QED) is 0.423. The minimum Gasteiger partial charge on any atom is -0.554 e. The third kappa shape index (κ3) is 21.4. The number of hydrogen-bond donors (Lipinski definition) is 2. The number of carbonyl (C=O) groups is 2. The van der Waals surface area contributed by atoms with Crippen LogP contribution < -0.4 is 20.8 Å². The molecular weight excluding hydrogens is 348 g/mol. The van der Waals surface area contributed by atoms with Crippen LogP contribution in [0.25, 0.3) is 0 Å².